The maximum absolute atomic E-state index is 11.2. The van der Waals surface area contributed by atoms with Crippen LogP contribution in [0.5, 0.6) is 0 Å². The molecule has 1 aromatic carbocycles. The van der Waals surface area contributed by atoms with Gasteiger partial charge in [-0.15, -0.1) is 5.10 Å². The maximum atomic E-state index is 11.2. The molecule has 5 aromatic rings. The Morgan fingerprint density at radius 1 is 1.05 bits per heavy atom. The highest BCUT2D eigenvalue weighted by Crippen LogP contribution is 2.43. The number of aromatic nitrogens is 7. The van der Waals surface area contributed by atoms with Crippen LogP contribution in [0.2, 0.25) is 0 Å². The molecule has 1 aliphatic rings. The fourth-order valence-electron chi connectivity index (χ4n) is 5.95. The summed E-state index contributed by atoms with van der Waals surface area (Å²) in [6, 6.07) is 12.9. The minimum Gasteiger partial charge on any atom is -0.384 e. The van der Waals surface area contributed by atoms with Crippen LogP contribution in [0, 0.1) is 12.8 Å². The summed E-state index contributed by atoms with van der Waals surface area (Å²) >= 11 is 0. The number of rotatable bonds is 5. The monoisotopic (exact) mass is 499 g/mol. The molecule has 0 amide bonds. The number of aryl methyl sites for hydroxylation is 3. The van der Waals surface area contributed by atoms with Crippen LogP contribution in [-0.4, -0.2) is 52.6 Å². The zero-order valence-corrected chi connectivity index (χ0v) is 22.0. The third-order valence-electron chi connectivity index (χ3n) is 7.59. The second-order valence-corrected chi connectivity index (χ2v) is 10.6. The smallest absolute Gasteiger partial charge is 0.118 e. The van der Waals surface area contributed by atoms with Crippen LogP contribution >= 0.6 is 0 Å². The number of fused-ring (bicyclic) bond motifs is 3. The summed E-state index contributed by atoms with van der Waals surface area (Å²) in [5.74, 6) is 0.355. The zero-order chi connectivity index (χ0) is 25.9. The lowest BCUT2D eigenvalue weighted by molar-refractivity contribution is 0.0547. The SMILES string of the molecule is Cc1nnn(C)c1-c1cnc2c3c(c(C(C)(C)O)nn3C)n([C@H](c3ccccc3)C3CCOCC3)c2c1. The van der Waals surface area contributed by atoms with Crippen LogP contribution in [0.4, 0.5) is 0 Å². The number of ether oxygens (including phenoxy) is 1. The first-order chi connectivity index (χ1) is 17.8. The van der Waals surface area contributed by atoms with Gasteiger partial charge in [-0.2, -0.15) is 5.10 Å². The van der Waals surface area contributed by atoms with Crippen molar-refractivity contribution < 1.29 is 9.84 Å². The molecule has 0 bridgehead atoms. The van der Waals surface area contributed by atoms with Crippen molar-refractivity contribution in [3.8, 4) is 11.3 Å². The van der Waals surface area contributed by atoms with Crippen molar-refractivity contribution in [2.45, 2.75) is 45.3 Å². The lowest BCUT2D eigenvalue weighted by atomic mass is 9.86. The predicted molar refractivity (Wildman–Crippen MR) is 142 cm³/mol. The standard InChI is InChI=1S/C28H33N7O2/c1-17-23(34(5)32-30-17)20-15-21-22(29-16-20)25-26(27(28(2,3)36)31-33(25)4)35(21)24(18-9-7-6-8-10-18)19-11-13-37-14-12-19/h6-10,15-16,19,24,36H,11-14H2,1-5H3/t24-/m1/s1. The highest BCUT2D eigenvalue weighted by atomic mass is 16.5. The Labute approximate surface area is 215 Å². The van der Waals surface area contributed by atoms with Gasteiger partial charge < -0.3 is 14.4 Å². The minimum absolute atomic E-state index is 0.0261. The third-order valence-corrected chi connectivity index (χ3v) is 7.59. The highest BCUT2D eigenvalue weighted by molar-refractivity contribution is 6.06. The van der Waals surface area contributed by atoms with Crippen LogP contribution in [0.3, 0.4) is 0 Å². The topological polar surface area (TPSA) is 95.8 Å². The number of benzene rings is 1. The number of pyridine rings is 1. The van der Waals surface area contributed by atoms with Gasteiger partial charge in [-0.25, -0.2) is 4.68 Å². The van der Waals surface area contributed by atoms with Crippen LogP contribution in [-0.2, 0) is 24.4 Å². The van der Waals surface area contributed by atoms with Gasteiger partial charge in [-0.3, -0.25) is 9.67 Å². The van der Waals surface area contributed by atoms with Crippen LogP contribution in [0.25, 0.3) is 33.3 Å². The van der Waals surface area contributed by atoms with Gasteiger partial charge in [0.2, 0.25) is 0 Å². The molecule has 1 saturated heterocycles. The van der Waals surface area contributed by atoms with E-state index in [2.05, 4.69) is 51.3 Å². The first-order valence-electron chi connectivity index (χ1n) is 12.8. The number of hydrogen-bond donors (Lipinski definition) is 1. The van der Waals surface area contributed by atoms with Crippen LogP contribution in [0.15, 0.2) is 42.6 Å². The van der Waals surface area contributed by atoms with E-state index >= 15 is 0 Å². The Kier molecular flexibility index (Phi) is 5.65. The van der Waals surface area contributed by atoms with Gasteiger partial charge in [0.25, 0.3) is 0 Å². The van der Waals surface area contributed by atoms with E-state index in [0.717, 1.165) is 65.1 Å². The largest absolute Gasteiger partial charge is 0.384 e. The lowest BCUT2D eigenvalue weighted by Gasteiger charge is -2.33. The molecule has 1 N–H and O–H groups in total. The lowest BCUT2D eigenvalue weighted by Crippen LogP contribution is -2.28. The van der Waals surface area contributed by atoms with Crippen molar-refractivity contribution in [1.29, 1.82) is 0 Å². The van der Waals surface area contributed by atoms with Crippen molar-refractivity contribution in [2.75, 3.05) is 13.2 Å². The number of nitrogens with zero attached hydrogens (tertiary/aromatic N) is 7. The molecule has 0 spiro atoms. The highest BCUT2D eigenvalue weighted by Gasteiger charge is 2.35. The Balaban J connectivity index is 1.73. The van der Waals surface area contributed by atoms with Crippen molar-refractivity contribution in [3.05, 3.63) is 59.5 Å². The Morgan fingerprint density at radius 3 is 2.43 bits per heavy atom. The molecule has 0 radical (unpaired) electrons. The average Bonchev–Trinajstić information content (AvgIpc) is 3.52. The summed E-state index contributed by atoms with van der Waals surface area (Å²) in [5.41, 5.74) is 7.21. The molecule has 0 unspecified atom stereocenters. The van der Waals surface area contributed by atoms with Crippen molar-refractivity contribution >= 4 is 22.1 Å². The molecule has 9 nitrogen and oxygen atoms in total. The quantitative estimate of drug-likeness (QED) is 0.388. The molecule has 0 saturated carbocycles. The van der Waals surface area contributed by atoms with E-state index in [0.29, 0.717) is 11.6 Å². The molecular weight excluding hydrogens is 466 g/mol. The third kappa shape index (κ3) is 3.84. The predicted octanol–water partition coefficient (Wildman–Crippen LogP) is 4.27. The van der Waals surface area contributed by atoms with E-state index in [-0.39, 0.29) is 6.04 Å². The molecule has 5 heterocycles. The van der Waals surface area contributed by atoms with Crippen molar-refractivity contribution in [2.24, 2.45) is 20.0 Å². The fourth-order valence-corrected chi connectivity index (χ4v) is 5.95. The molecule has 1 atom stereocenters. The van der Waals surface area contributed by atoms with E-state index < -0.39 is 5.60 Å². The molecule has 1 fully saturated rings. The molecule has 4 aromatic heterocycles. The number of aliphatic hydroxyl groups is 1. The molecule has 192 valence electrons. The summed E-state index contributed by atoms with van der Waals surface area (Å²) < 4.78 is 11.8. The maximum Gasteiger partial charge on any atom is 0.118 e. The van der Waals surface area contributed by atoms with Gasteiger partial charge in [-0.1, -0.05) is 35.5 Å². The van der Waals surface area contributed by atoms with Crippen molar-refractivity contribution in [3.63, 3.8) is 0 Å². The van der Waals surface area contributed by atoms with Gasteiger partial charge in [0.15, 0.2) is 0 Å². The van der Waals surface area contributed by atoms with E-state index in [4.69, 9.17) is 14.8 Å². The van der Waals surface area contributed by atoms with E-state index in [9.17, 15) is 5.11 Å². The van der Waals surface area contributed by atoms with Gasteiger partial charge in [0, 0.05) is 39.1 Å². The summed E-state index contributed by atoms with van der Waals surface area (Å²) in [6.07, 6.45) is 3.80. The summed E-state index contributed by atoms with van der Waals surface area (Å²) in [7, 11) is 3.83. The first-order valence-corrected chi connectivity index (χ1v) is 12.8. The first kappa shape index (κ1) is 23.8. The molecule has 0 aliphatic carbocycles. The van der Waals surface area contributed by atoms with E-state index in [1.165, 1.54) is 5.56 Å². The van der Waals surface area contributed by atoms with Gasteiger partial charge in [-0.05, 0) is 51.2 Å². The summed E-state index contributed by atoms with van der Waals surface area (Å²) in [6.45, 7) is 7.04. The Bertz CT molecular complexity index is 1560. The fraction of sp³-hybridized carbons (Fsp3) is 0.429. The molecule has 37 heavy (non-hydrogen) atoms. The van der Waals surface area contributed by atoms with Gasteiger partial charge in [0.1, 0.15) is 22.3 Å². The Morgan fingerprint density at radius 2 is 1.78 bits per heavy atom. The minimum atomic E-state index is -1.13. The second kappa shape index (κ2) is 8.78. The van der Waals surface area contributed by atoms with E-state index in [1.54, 1.807) is 18.5 Å². The van der Waals surface area contributed by atoms with Crippen molar-refractivity contribution in [1.82, 2.24) is 34.3 Å². The van der Waals surface area contributed by atoms with E-state index in [1.807, 2.05) is 31.9 Å². The summed E-state index contributed by atoms with van der Waals surface area (Å²) in [4.78, 5) is 4.99. The van der Waals surface area contributed by atoms with Gasteiger partial charge >= 0.3 is 0 Å². The summed E-state index contributed by atoms with van der Waals surface area (Å²) in [5, 5.41) is 24.5. The average molecular weight is 500 g/mol. The normalized spacial score (nSPS) is 16.2. The molecular formula is C28H33N7O2. The molecule has 9 heteroatoms. The zero-order valence-electron chi connectivity index (χ0n) is 22.0. The number of hydrogen-bond acceptors (Lipinski definition) is 6. The second-order valence-electron chi connectivity index (χ2n) is 10.6. The Hall–Kier alpha value is -3.56. The van der Waals surface area contributed by atoms with Crippen LogP contribution < -0.4 is 0 Å². The van der Waals surface area contributed by atoms with Crippen LogP contribution in [0.1, 0.15) is 49.7 Å². The molecule has 6 rings (SSSR count). The van der Waals surface area contributed by atoms with Gasteiger partial charge in [0.05, 0.1) is 28.5 Å². The molecule has 1 aliphatic heterocycles.